The number of allylic oxidation sites excluding steroid dienone is 1. The van der Waals surface area contributed by atoms with E-state index >= 15 is 0 Å². The zero-order valence-electron chi connectivity index (χ0n) is 27.9. The maximum absolute atomic E-state index is 13.9. The number of hydrogen-bond donors (Lipinski definition) is 3. The van der Waals surface area contributed by atoms with Gasteiger partial charge in [0.1, 0.15) is 0 Å². The highest BCUT2D eigenvalue weighted by Gasteiger charge is 2.31. The fraction of sp³-hybridized carbons (Fsp3) is 0.529. The Labute approximate surface area is 278 Å². The van der Waals surface area contributed by atoms with Gasteiger partial charge in [-0.3, -0.25) is 14.7 Å². The van der Waals surface area contributed by atoms with Crippen LogP contribution >= 0.6 is 0 Å². The van der Waals surface area contributed by atoms with E-state index in [0.717, 1.165) is 63.2 Å². The summed E-state index contributed by atoms with van der Waals surface area (Å²) in [6.07, 6.45) is 4.69. The van der Waals surface area contributed by atoms with Gasteiger partial charge in [0.2, 0.25) is 5.96 Å². The quantitative estimate of drug-likeness (QED) is 0.409. The number of benzene rings is 1. The topological polar surface area (TPSA) is 139 Å². The number of ether oxygens (including phenoxy) is 1. The molecule has 252 valence electrons. The van der Waals surface area contributed by atoms with Crippen molar-refractivity contribution in [2.45, 2.75) is 45.6 Å². The molecule has 0 saturated carbocycles. The molecule has 1 amide bonds. The van der Waals surface area contributed by atoms with Crippen molar-refractivity contribution >= 4 is 50.4 Å². The number of nitrogens with zero attached hydrogens (tertiary/aromatic N) is 6. The average molecular weight is 662 g/mol. The van der Waals surface area contributed by atoms with Crippen molar-refractivity contribution in [2.24, 2.45) is 15.3 Å². The number of aromatic nitrogens is 1. The highest BCUT2D eigenvalue weighted by atomic mass is 32.2. The van der Waals surface area contributed by atoms with E-state index in [-0.39, 0.29) is 5.92 Å². The molecule has 5 heterocycles. The highest BCUT2D eigenvalue weighted by Crippen LogP contribution is 2.38. The monoisotopic (exact) mass is 661 g/mol. The zero-order chi connectivity index (χ0) is 33.1. The summed E-state index contributed by atoms with van der Waals surface area (Å²) in [4.78, 5) is 29.8. The molecule has 3 N–H and O–H groups in total. The van der Waals surface area contributed by atoms with Crippen LogP contribution in [0, 0.1) is 18.3 Å². The van der Waals surface area contributed by atoms with E-state index in [4.69, 9.17) is 14.5 Å². The molecular formula is C34H47N9O3S. The number of piperazine rings is 1. The summed E-state index contributed by atoms with van der Waals surface area (Å²) in [5, 5.41) is 14.5. The van der Waals surface area contributed by atoms with Crippen LogP contribution in [0.1, 0.15) is 54.4 Å². The predicted molar refractivity (Wildman–Crippen MR) is 189 cm³/mol. The van der Waals surface area contributed by atoms with Crippen molar-refractivity contribution in [1.82, 2.24) is 20.1 Å². The van der Waals surface area contributed by atoms with Gasteiger partial charge in [0.05, 0.1) is 44.7 Å². The Morgan fingerprint density at radius 3 is 2.62 bits per heavy atom. The highest BCUT2D eigenvalue weighted by molar-refractivity contribution is 7.93. The fourth-order valence-corrected chi connectivity index (χ4v) is 9.01. The molecule has 2 fully saturated rings. The Balaban J connectivity index is 1.28. The van der Waals surface area contributed by atoms with E-state index in [0.29, 0.717) is 70.8 Å². The SMILES string of the molecule is CN/C1=C(\C=N)c2cc(cc(C)n2)C(=O)/N=C2\Nc3ccc(N=S4(=O)CCC(N5CCN(C)CC5)CC4)cc3N2CC(C)CCCO1. The van der Waals surface area contributed by atoms with Crippen LogP contribution in [0.3, 0.4) is 0 Å². The van der Waals surface area contributed by atoms with E-state index in [1.807, 2.05) is 30.0 Å². The van der Waals surface area contributed by atoms with Crippen molar-refractivity contribution in [3.8, 4) is 0 Å². The van der Waals surface area contributed by atoms with Crippen LogP contribution in [0.25, 0.3) is 5.57 Å². The molecule has 1 atom stereocenters. The summed E-state index contributed by atoms with van der Waals surface area (Å²) in [6, 6.07) is 9.67. The van der Waals surface area contributed by atoms with Gasteiger partial charge in [-0.15, -0.1) is 0 Å². The van der Waals surface area contributed by atoms with Crippen molar-refractivity contribution in [1.29, 1.82) is 5.41 Å². The molecule has 2 aromatic rings. The molecule has 1 unspecified atom stereocenters. The number of likely N-dealkylation sites (N-methyl/N-ethyl adjacent to an activating group) is 1. The third-order valence-electron chi connectivity index (χ3n) is 9.52. The van der Waals surface area contributed by atoms with Gasteiger partial charge in [0.25, 0.3) is 5.91 Å². The first-order valence-electron chi connectivity index (χ1n) is 16.7. The summed E-state index contributed by atoms with van der Waals surface area (Å²) in [5.74, 6) is 1.95. The van der Waals surface area contributed by atoms with Crippen molar-refractivity contribution < 1.29 is 13.7 Å². The molecule has 12 nitrogen and oxygen atoms in total. The Bertz CT molecular complexity index is 1690. The standard InChI is InChI=1S/C34H47N9O3S/c1-23-6-5-15-46-33(36-3)28(21-35)30-19-25(18-24(2)37-30)32(44)39-34-38-29-8-7-26(20-31(29)43(34)22-23)40-47(45)16-9-27(10-17-47)42-13-11-41(4)12-14-42/h7-8,18-21,23,27,35-36H,5-6,9-17,22H2,1-4H3,(H,38,39,44)/b33-28-,35-21?. The minimum atomic E-state index is -2.36. The predicted octanol–water partition coefficient (Wildman–Crippen LogP) is 4.31. The number of carbonyl (C=O) groups is 1. The van der Waals surface area contributed by atoms with E-state index in [9.17, 15) is 9.00 Å². The number of hydrogen-bond acceptors (Lipinski definition) is 11. The largest absolute Gasteiger partial charge is 0.479 e. The van der Waals surface area contributed by atoms with Crippen molar-refractivity contribution in [3.63, 3.8) is 0 Å². The number of guanidine groups is 1. The molecule has 2 saturated heterocycles. The van der Waals surface area contributed by atoms with Gasteiger partial charge >= 0.3 is 0 Å². The summed E-state index contributed by atoms with van der Waals surface area (Å²) in [5.41, 5.74) is 4.34. The number of pyridine rings is 1. The van der Waals surface area contributed by atoms with E-state index in [1.54, 1.807) is 19.2 Å². The Morgan fingerprint density at radius 1 is 1.13 bits per heavy atom. The second-order valence-corrected chi connectivity index (χ2v) is 15.7. The molecular weight excluding hydrogens is 615 g/mol. The van der Waals surface area contributed by atoms with Gasteiger partial charge in [0.15, 0.2) is 5.88 Å². The number of aliphatic imine (C=N–C) groups is 1. The number of rotatable bonds is 4. The summed E-state index contributed by atoms with van der Waals surface area (Å²) >= 11 is 0. The number of amides is 1. The molecule has 13 heteroatoms. The van der Waals surface area contributed by atoms with Gasteiger partial charge in [-0.1, -0.05) is 6.92 Å². The molecule has 47 heavy (non-hydrogen) atoms. The molecule has 0 aliphatic carbocycles. The molecule has 2 bridgehead atoms. The fourth-order valence-electron chi connectivity index (χ4n) is 6.84. The molecule has 0 radical (unpaired) electrons. The van der Waals surface area contributed by atoms with Crippen LogP contribution in [0.4, 0.5) is 17.1 Å². The third kappa shape index (κ3) is 7.52. The number of nitrogens with one attached hydrogen (secondary N) is 3. The van der Waals surface area contributed by atoms with Crippen LogP contribution in [-0.2, 0) is 14.5 Å². The second kappa shape index (κ2) is 14.1. The lowest BCUT2D eigenvalue weighted by atomic mass is 10.1. The van der Waals surface area contributed by atoms with Crippen LogP contribution in [0.15, 0.2) is 45.6 Å². The third-order valence-corrected chi connectivity index (χ3v) is 11.8. The van der Waals surface area contributed by atoms with Gasteiger partial charge in [0, 0.05) is 74.8 Å². The summed E-state index contributed by atoms with van der Waals surface area (Å²) < 4.78 is 24.9. The van der Waals surface area contributed by atoms with Gasteiger partial charge < -0.3 is 30.6 Å². The van der Waals surface area contributed by atoms with Crippen molar-refractivity contribution in [2.75, 3.05) is 75.1 Å². The first-order chi connectivity index (χ1) is 22.6. The number of fused-ring (bicyclic) bond motifs is 5. The number of aryl methyl sites for hydroxylation is 1. The Kier molecular flexibility index (Phi) is 9.95. The minimum Gasteiger partial charge on any atom is -0.479 e. The second-order valence-electron chi connectivity index (χ2n) is 13.1. The molecule has 1 aromatic carbocycles. The zero-order valence-corrected chi connectivity index (χ0v) is 28.7. The van der Waals surface area contributed by atoms with Crippen LogP contribution in [0.5, 0.6) is 0 Å². The molecule has 6 rings (SSSR count). The first kappa shape index (κ1) is 33.1. The van der Waals surface area contributed by atoms with Gasteiger partial charge in [-0.25, -0.2) is 4.21 Å². The van der Waals surface area contributed by atoms with Gasteiger partial charge in [-0.05, 0) is 75.9 Å². The van der Waals surface area contributed by atoms with E-state index < -0.39 is 15.6 Å². The first-order valence-corrected chi connectivity index (χ1v) is 18.5. The summed E-state index contributed by atoms with van der Waals surface area (Å²) in [7, 11) is 1.55. The summed E-state index contributed by atoms with van der Waals surface area (Å²) in [6.45, 7) is 9.41. The van der Waals surface area contributed by atoms with Crippen LogP contribution in [-0.4, -0.2) is 108 Å². The lowest BCUT2D eigenvalue weighted by molar-refractivity contribution is 0.100. The van der Waals surface area contributed by atoms with E-state index in [2.05, 4.69) is 44.4 Å². The molecule has 4 aliphatic heterocycles. The Hall–Kier alpha value is -3.81. The van der Waals surface area contributed by atoms with Gasteiger partial charge in [-0.2, -0.15) is 9.36 Å². The number of anilines is 2. The smallest absolute Gasteiger partial charge is 0.280 e. The van der Waals surface area contributed by atoms with E-state index in [1.165, 1.54) is 6.21 Å². The Morgan fingerprint density at radius 2 is 1.89 bits per heavy atom. The average Bonchev–Trinajstić information content (AvgIpc) is 3.37. The molecule has 0 spiro atoms. The molecule has 4 aliphatic rings. The van der Waals surface area contributed by atoms with Crippen LogP contribution < -0.4 is 15.5 Å². The maximum atomic E-state index is 13.9. The molecule has 1 aromatic heterocycles. The lowest BCUT2D eigenvalue weighted by Crippen LogP contribution is -2.51. The lowest BCUT2D eigenvalue weighted by Gasteiger charge is -2.40. The minimum absolute atomic E-state index is 0.243. The number of carbonyl (C=O) groups excluding carboxylic acids is 1. The normalized spacial score (nSPS) is 28.8. The van der Waals surface area contributed by atoms with Crippen LogP contribution in [0.2, 0.25) is 0 Å². The maximum Gasteiger partial charge on any atom is 0.280 e. The van der Waals surface area contributed by atoms with Crippen molar-refractivity contribution in [3.05, 3.63) is 53.2 Å².